The SMILES string of the molecule is C[Si](C)(C)NC1C=CC=C1. The molecule has 10 heavy (non-hydrogen) atoms. The molecule has 56 valence electrons. The smallest absolute Gasteiger partial charge is 0.117 e. The van der Waals surface area contributed by atoms with E-state index < -0.39 is 8.24 Å². The van der Waals surface area contributed by atoms with Crippen molar-refractivity contribution in [2.24, 2.45) is 0 Å². The quantitative estimate of drug-likeness (QED) is 0.598. The summed E-state index contributed by atoms with van der Waals surface area (Å²) in [5.41, 5.74) is 0. The summed E-state index contributed by atoms with van der Waals surface area (Å²) in [5.74, 6) is 0. The minimum Gasteiger partial charge on any atom is -0.328 e. The van der Waals surface area contributed by atoms with E-state index in [4.69, 9.17) is 0 Å². The van der Waals surface area contributed by atoms with Crippen LogP contribution in [0, 0.1) is 0 Å². The number of hydrogen-bond acceptors (Lipinski definition) is 1. The minimum atomic E-state index is -1.07. The predicted molar refractivity (Wildman–Crippen MR) is 48.5 cm³/mol. The molecule has 0 aromatic heterocycles. The van der Waals surface area contributed by atoms with E-state index in [2.05, 4.69) is 48.9 Å². The van der Waals surface area contributed by atoms with Gasteiger partial charge in [0.15, 0.2) is 0 Å². The Labute approximate surface area is 63.9 Å². The monoisotopic (exact) mass is 153 g/mol. The van der Waals surface area contributed by atoms with Crippen LogP contribution in [0.25, 0.3) is 0 Å². The lowest BCUT2D eigenvalue weighted by Gasteiger charge is -2.21. The molecule has 0 radical (unpaired) electrons. The summed E-state index contributed by atoms with van der Waals surface area (Å²) in [4.78, 5) is 3.58. The highest BCUT2D eigenvalue weighted by Crippen LogP contribution is 2.04. The van der Waals surface area contributed by atoms with Gasteiger partial charge in [-0.05, 0) is 0 Å². The first-order chi connectivity index (χ1) is 4.58. The van der Waals surface area contributed by atoms with E-state index in [1.165, 1.54) is 0 Å². The Morgan fingerprint density at radius 2 is 1.60 bits per heavy atom. The van der Waals surface area contributed by atoms with Crippen LogP contribution in [0.1, 0.15) is 0 Å². The highest BCUT2D eigenvalue weighted by atomic mass is 28.3. The molecule has 0 saturated heterocycles. The van der Waals surface area contributed by atoms with Crippen LogP contribution in [0.2, 0.25) is 19.6 Å². The largest absolute Gasteiger partial charge is 0.328 e. The summed E-state index contributed by atoms with van der Waals surface area (Å²) in [6.07, 6.45) is 8.58. The summed E-state index contributed by atoms with van der Waals surface area (Å²) in [6, 6.07) is 0.506. The van der Waals surface area contributed by atoms with Gasteiger partial charge in [0, 0.05) is 6.04 Å². The Morgan fingerprint density at radius 3 is 2.00 bits per heavy atom. The molecule has 0 spiro atoms. The zero-order chi connectivity index (χ0) is 7.61. The second-order valence-electron chi connectivity index (χ2n) is 3.69. The molecule has 0 atom stereocenters. The molecule has 0 heterocycles. The third-order valence-corrected chi connectivity index (χ3v) is 2.55. The van der Waals surface area contributed by atoms with Gasteiger partial charge in [-0.2, -0.15) is 0 Å². The zero-order valence-corrected chi connectivity index (χ0v) is 7.89. The first-order valence-electron chi connectivity index (χ1n) is 3.71. The Kier molecular flexibility index (Phi) is 2.11. The number of hydrogen-bond donors (Lipinski definition) is 1. The van der Waals surface area contributed by atoms with Crippen molar-refractivity contribution in [2.75, 3.05) is 0 Å². The number of rotatable bonds is 2. The Hall–Kier alpha value is -0.343. The lowest BCUT2D eigenvalue weighted by atomic mass is 10.4. The highest BCUT2D eigenvalue weighted by Gasteiger charge is 2.16. The van der Waals surface area contributed by atoms with Crippen LogP contribution in [0.5, 0.6) is 0 Å². The molecule has 2 heteroatoms. The fourth-order valence-corrected chi connectivity index (χ4v) is 2.22. The van der Waals surface area contributed by atoms with Crippen LogP contribution in [-0.2, 0) is 0 Å². The van der Waals surface area contributed by atoms with Gasteiger partial charge in [0.1, 0.15) is 8.24 Å². The molecule has 0 saturated carbocycles. The van der Waals surface area contributed by atoms with Gasteiger partial charge in [-0.1, -0.05) is 43.9 Å². The summed E-state index contributed by atoms with van der Waals surface area (Å²) >= 11 is 0. The average molecular weight is 153 g/mol. The standard InChI is InChI=1S/C8H15NSi/c1-10(2,3)9-8-6-4-5-7-8/h4-9H,1-3H3. The third-order valence-electron chi connectivity index (χ3n) is 1.35. The van der Waals surface area contributed by atoms with Gasteiger partial charge < -0.3 is 4.98 Å². The van der Waals surface area contributed by atoms with Crippen LogP contribution in [0.4, 0.5) is 0 Å². The molecular formula is C8H15NSi. The molecular weight excluding hydrogens is 138 g/mol. The Bertz CT molecular complexity index is 153. The molecule has 0 bridgehead atoms. The Morgan fingerprint density at radius 1 is 1.10 bits per heavy atom. The van der Waals surface area contributed by atoms with Crippen molar-refractivity contribution in [3.8, 4) is 0 Å². The summed E-state index contributed by atoms with van der Waals surface area (Å²) in [7, 11) is -1.07. The molecule has 1 N–H and O–H groups in total. The predicted octanol–water partition coefficient (Wildman–Crippen LogP) is 1.91. The average Bonchev–Trinajstić information content (AvgIpc) is 2.12. The first kappa shape index (κ1) is 7.76. The second-order valence-corrected chi connectivity index (χ2v) is 8.48. The van der Waals surface area contributed by atoms with Crippen LogP contribution in [0.15, 0.2) is 24.3 Å². The summed E-state index contributed by atoms with van der Waals surface area (Å²) < 4.78 is 0. The zero-order valence-electron chi connectivity index (χ0n) is 6.89. The van der Waals surface area contributed by atoms with Gasteiger partial charge in [0.2, 0.25) is 0 Å². The molecule has 0 aromatic carbocycles. The summed E-state index contributed by atoms with van der Waals surface area (Å²) in [5, 5.41) is 0. The molecule has 0 aliphatic heterocycles. The lowest BCUT2D eigenvalue weighted by molar-refractivity contribution is 0.893. The molecule has 1 aliphatic rings. The Balaban J connectivity index is 2.40. The van der Waals surface area contributed by atoms with E-state index in [1.807, 2.05) is 0 Å². The van der Waals surface area contributed by atoms with Gasteiger partial charge in [-0.3, -0.25) is 0 Å². The van der Waals surface area contributed by atoms with Crippen molar-refractivity contribution >= 4 is 8.24 Å². The van der Waals surface area contributed by atoms with Gasteiger partial charge in [0.25, 0.3) is 0 Å². The van der Waals surface area contributed by atoms with Crippen LogP contribution in [-0.4, -0.2) is 14.3 Å². The minimum absolute atomic E-state index is 0.506. The maximum atomic E-state index is 3.58. The van der Waals surface area contributed by atoms with Gasteiger partial charge in [0.05, 0.1) is 0 Å². The van der Waals surface area contributed by atoms with E-state index in [9.17, 15) is 0 Å². The molecule has 0 fully saturated rings. The molecule has 0 amide bonds. The van der Waals surface area contributed by atoms with Crippen molar-refractivity contribution in [1.82, 2.24) is 4.98 Å². The highest BCUT2D eigenvalue weighted by molar-refractivity contribution is 6.73. The first-order valence-corrected chi connectivity index (χ1v) is 7.21. The van der Waals surface area contributed by atoms with Gasteiger partial charge in [-0.15, -0.1) is 0 Å². The topological polar surface area (TPSA) is 12.0 Å². The van der Waals surface area contributed by atoms with Crippen molar-refractivity contribution in [3.63, 3.8) is 0 Å². The van der Waals surface area contributed by atoms with E-state index >= 15 is 0 Å². The van der Waals surface area contributed by atoms with Crippen molar-refractivity contribution in [2.45, 2.75) is 25.7 Å². The normalized spacial score (nSPS) is 18.7. The summed E-state index contributed by atoms with van der Waals surface area (Å²) in [6.45, 7) is 6.94. The number of nitrogens with one attached hydrogen (secondary N) is 1. The molecule has 0 aromatic rings. The van der Waals surface area contributed by atoms with Crippen molar-refractivity contribution < 1.29 is 0 Å². The van der Waals surface area contributed by atoms with E-state index in [-0.39, 0.29) is 0 Å². The van der Waals surface area contributed by atoms with E-state index in [0.29, 0.717) is 6.04 Å². The second kappa shape index (κ2) is 2.72. The lowest BCUT2D eigenvalue weighted by Crippen LogP contribution is -2.45. The van der Waals surface area contributed by atoms with Crippen LogP contribution in [0.3, 0.4) is 0 Å². The number of allylic oxidation sites excluding steroid dienone is 2. The fraction of sp³-hybridized carbons (Fsp3) is 0.500. The fourth-order valence-electron chi connectivity index (χ4n) is 1.03. The van der Waals surface area contributed by atoms with E-state index in [0.717, 1.165) is 0 Å². The van der Waals surface area contributed by atoms with E-state index in [1.54, 1.807) is 0 Å². The third kappa shape index (κ3) is 2.50. The maximum absolute atomic E-state index is 3.58. The van der Waals surface area contributed by atoms with Crippen LogP contribution >= 0.6 is 0 Å². The maximum Gasteiger partial charge on any atom is 0.117 e. The van der Waals surface area contributed by atoms with Gasteiger partial charge >= 0.3 is 0 Å². The van der Waals surface area contributed by atoms with Crippen molar-refractivity contribution in [1.29, 1.82) is 0 Å². The van der Waals surface area contributed by atoms with Gasteiger partial charge in [-0.25, -0.2) is 0 Å². The van der Waals surface area contributed by atoms with Crippen molar-refractivity contribution in [3.05, 3.63) is 24.3 Å². The van der Waals surface area contributed by atoms with Crippen LogP contribution < -0.4 is 4.98 Å². The molecule has 1 aliphatic carbocycles. The molecule has 1 nitrogen and oxygen atoms in total. The molecule has 0 unspecified atom stereocenters. The molecule has 1 rings (SSSR count).